The van der Waals surface area contributed by atoms with E-state index in [-0.39, 0.29) is 11.7 Å². The van der Waals surface area contributed by atoms with E-state index in [1.165, 1.54) is 6.39 Å². The maximum atomic E-state index is 11.8. The molecule has 16 heavy (non-hydrogen) atoms. The summed E-state index contributed by atoms with van der Waals surface area (Å²) in [6.07, 6.45) is 4.43. The van der Waals surface area contributed by atoms with Crippen molar-refractivity contribution >= 4 is 27.5 Å². The molecule has 0 aliphatic rings. The van der Waals surface area contributed by atoms with Gasteiger partial charge in [-0.05, 0) is 28.9 Å². The largest absolute Gasteiger partial charge is 0.438 e. The molecule has 2 aromatic heterocycles. The number of aryl methyl sites for hydroxylation is 1. The van der Waals surface area contributed by atoms with Gasteiger partial charge in [-0.1, -0.05) is 0 Å². The molecule has 0 spiro atoms. The number of halogens is 1. The molecule has 6 heteroatoms. The van der Waals surface area contributed by atoms with Crippen molar-refractivity contribution in [2.45, 2.75) is 6.92 Å². The Bertz CT molecular complexity index is 524. The molecule has 0 aliphatic carbocycles. The maximum absolute atomic E-state index is 11.8. The molecule has 0 atom stereocenters. The molecule has 0 fully saturated rings. The van der Waals surface area contributed by atoms with Gasteiger partial charge in [0.2, 0.25) is 5.76 Å². The zero-order valence-corrected chi connectivity index (χ0v) is 9.98. The topological polar surface area (TPSA) is 68.0 Å². The van der Waals surface area contributed by atoms with Crippen LogP contribution in [-0.4, -0.2) is 15.9 Å². The second-order valence-corrected chi connectivity index (χ2v) is 3.93. The summed E-state index contributed by atoms with van der Waals surface area (Å²) in [6.45, 7) is 1.71. The lowest BCUT2D eigenvalue weighted by Gasteiger charge is -2.04. The van der Waals surface area contributed by atoms with Crippen LogP contribution in [0.4, 0.5) is 5.69 Å². The molecule has 1 N–H and O–H groups in total. The highest BCUT2D eigenvalue weighted by atomic mass is 79.9. The summed E-state index contributed by atoms with van der Waals surface area (Å²) in [6, 6.07) is 1.69. The van der Waals surface area contributed by atoms with Crippen molar-refractivity contribution in [2.75, 3.05) is 5.32 Å². The molecule has 1 amide bonds. The normalized spacial score (nSPS) is 10.1. The molecule has 0 aromatic carbocycles. The molecular weight excluding hydrogens is 274 g/mol. The fourth-order valence-electron chi connectivity index (χ4n) is 1.18. The van der Waals surface area contributed by atoms with Crippen molar-refractivity contribution in [3.8, 4) is 0 Å². The van der Waals surface area contributed by atoms with Crippen molar-refractivity contribution in [1.29, 1.82) is 0 Å². The molecule has 82 valence electrons. The van der Waals surface area contributed by atoms with Crippen LogP contribution in [0.25, 0.3) is 0 Å². The van der Waals surface area contributed by atoms with Gasteiger partial charge in [-0.25, -0.2) is 4.98 Å². The molecule has 0 aliphatic heterocycles. The number of nitrogens with one attached hydrogen (secondary N) is 1. The Morgan fingerprint density at radius 2 is 2.38 bits per heavy atom. The lowest BCUT2D eigenvalue weighted by atomic mass is 10.3. The highest BCUT2D eigenvalue weighted by Crippen LogP contribution is 2.21. The first-order chi connectivity index (χ1) is 7.68. The van der Waals surface area contributed by atoms with E-state index in [1.54, 1.807) is 25.4 Å². The third kappa shape index (κ3) is 2.11. The third-order valence-corrected chi connectivity index (χ3v) is 2.60. The average Bonchev–Trinajstić information content (AvgIpc) is 2.68. The van der Waals surface area contributed by atoms with Crippen LogP contribution in [0, 0.1) is 6.92 Å². The summed E-state index contributed by atoms with van der Waals surface area (Å²) in [7, 11) is 0. The van der Waals surface area contributed by atoms with E-state index in [0.717, 1.165) is 0 Å². The van der Waals surface area contributed by atoms with Crippen LogP contribution < -0.4 is 5.32 Å². The molecule has 5 nitrogen and oxygen atoms in total. The van der Waals surface area contributed by atoms with E-state index < -0.39 is 0 Å². The van der Waals surface area contributed by atoms with Crippen LogP contribution in [0.1, 0.15) is 16.2 Å². The van der Waals surface area contributed by atoms with Gasteiger partial charge >= 0.3 is 0 Å². The third-order valence-electron chi connectivity index (χ3n) is 1.97. The molecule has 0 radical (unpaired) electrons. The highest BCUT2D eigenvalue weighted by molar-refractivity contribution is 9.10. The van der Waals surface area contributed by atoms with E-state index in [1.807, 2.05) is 0 Å². The average molecular weight is 282 g/mol. The SMILES string of the molecule is Cc1ncoc1C(=O)Nc1ccncc1Br. The lowest BCUT2D eigenvalue weighted by molar-refractivity contribution is 0.0996. The number of hydrogen-bond donors (Lipinski definition) is 1. The van der Waals surface area contributed by atoms with E-state index >= 15 is 0 Å². The Kier molecular flexibility index (Phi) is 3.00. The highest BCUT2D eigenvalue weighted by Gasteiger charge is 2.14. The summed E-state index contributed by atoms with van der Waals surface area (Å²) >= 11 is 3.28. The lowest BCUT2D eigenvalue weighted by Crippen LogP contribution is -2.12. The first-order valence-corrected chi connectivity index (χ1v) is 5.28. The summed E-state index contributed by atoms with van der Waals surface area (Å²) < 4.78 is 5.69. The molecule has 2 heterocycles. The summed E-state index contributed by atoms with van der Waals surface area (Å²) in [5.41, 5.74) is 1.19. The van der Waals surface area contributed by atoms with E-state index in [0.29, 0.717) is 15.9 Å². The maximum Gasteiger partial charge on any atom is 0.293 e. The van der Waals surface area contributed by atoms with E-state index in [2.05, 4.69) is 31.2 Å². The molecule has 2 aromatic rings. The van der Waals surface area contributed by atoms with E-state index in [9.17, 15) is 4.79 Å². The van der Waals surface area contributed by atoms with Crippen LogP contribution in [-0.2, 0) is 0 Å². The number of hydrogen-bond acceptors (Lipinski definition) is 4. The second kappa shape index (κ2) is 4.44. The number of aromatic nitrogens is 2. The monoisotopic (exact) mass is 281 g/mol. The number of nitrogens with zero attached hydrogens (tertiary/aromatic N) is 2. The quantitative estimate of drug-likeness (QED) is 0.918. The van der Waals surface area contributed by atoms with Crippen molar-refractivity contribution < 1.29 is 9.21 Å². The molecule has 0 bridgehead atoms. The number of carbonyl (C=O) groups excluding carboxylic acids is 1. The van der Waals surface area contributed by atoms with Crippen molar-refractivity contribution in [3.63, 3.8) is 0 Å². The van der Waals surface area contributed by atoms with Crippen molar-refractivity contribution in [1.82, 2.24) is 9.97 Å². The van der Waals surface area contributed by atoms with Crippen LogP contribution in [0.3, 0.4) is 0 Å². The van der Waals surface area contributed by atoms with Gasteiger partial charge in [0, 0.05) is 12.4 Å². The Hall–Kier alpha value is -1.69. The minimum absolute atomic E-state index is 0.212. The predicted octanol–water partition coefficient (Wildman–Crippen LogP) is 2.39. The fraction of sp³-hybridized carbons (Fsp3) is 0.100. The minimum Gasteiger partial charge on any atom is -0.438 e. The van der Waals surface area contributed by atoms with Gasteiger partial charge in [0.15, 0.2) is 6.39 Å². The smallest absolute Gasteiger partial charge is 0.293 e. The van der Waals surface area contributed by atoms with Gasteiger partial charge in [0.05, 0.1) is 15.9 Å². The van der Waals surface area contributed by atoms with E-state index in [4.69, 9.17) is 4.42 Å². The summed E-state index contributed by atoms with van der Waals surface area (Å²) in [4.78, 5) is 19.5. The molecule has 0 saturated carbocycles. The first kappa shape index (κ1) is 10.8. The minimum atomic E-state index is -0.332. The molecular formula is C10H8BrN3O2. The second-order valence-electron chi connectivity index (χ2n) is 3.08. The molecule has 2 rings (SSSR count). The zero-order valence-electron chi connectivity index (χ0n) is 8.40. The van der Waals surface area contributed by atoms with Crippen molar-refractivity contribution in [3.05, 3.63) is 40.8 Å². The molecule has 0 unspecified atom stereocenters. The number of pyridine rings is 1. The Morgan fingerprint density at radius 3 is 3.00 bits per heavy atom. The number of rotatable bonds is 2. The predicted molar refractivity (Wildman–Crippen MR) is 61.1 cm³/mol. The first-order valence-electron chi connectivity index (χ1n) is 4.49. The standard InChI is InChI=1S/C10H8BrN3O2/c1-6-9(16-5-13-6)10(15)14-8-2-3-12-4-7(8)11/h2-5H,1H3,(H,12,14,15). The van der Waals surface area contributed by atoms with Crippen LogP contribution >= 0.6 is 15.9 Å². The van der Waals surface area contributed by atoms with Gasteiger partial charge in [0.25, 0.3) is 5.91 Å². The fourth-order valence-corrected chi connectivity index (χ4v) is 1.52. The van der Waals surface area contributed by atoms with Gasteiger partial charge < -0.3 is 9.73 Å². The molecule has 0 saturated heterocycles. The number of oxazole rings is 1. The van der Waals surface area contributed by atoms with Crippen molar-refractivity contribution in [2.24, 2.45) is 0 Å². The Balaban J connectivity index is 2.21. The number of amides is 1. The van der Waals surface area contributed by atoms with Crippen LogP contribution in [0.5, 0.6) is 0 Å². The number of carbonyl (C=O) groups is 1. The van der Waals surface area contributed by atoms with Gasteiger partial charge in [0.1, 0.15) is 0 Å². The van der Waals surface area contributed by atoms with Gasteiger partial charge in [-0.2, -0.15) is 0 Å². The summed E-state index contributed by atoms with van der Waals surface area (Å²) in [5.74, 6) is -0.120. The summed E-state index contributed by atoms with van der Waals surface area (Å²) in [5, 5.41) is 2.69. The van der Waals surface area contributed by atoms with Crippen LogP contribution in [0.15, 0.2) is 33.7 Å². The van der Waals surface area contributed by atoms with Gasteiger partial charge in [-0.3, -0.25) is 9.78 Å². The Morgan fingerprint density at radius 1 is 1.56 bits per heavy atom. The Labute approximate surface area is 100 Å². The zero-order chi connectivity index (χ0) is 11.5. The number of anilines is 1. The van der Waals surface area contributed by atoms with Gasteiger partial charge in [-0.15, -0.1) is 0 Å². The van der Waals surface area contributed by atoms with Crippen LogP contribution in [0.2, 0.25) is 0 Å².